The number of hydrogen-bond donors (Lipinski definition) is 1. The van der Waals surface area contributed by atoms with Gasteiger partial charge in [0.15, 0.2) is 0 Å². The first-order valence-corrected chi connectivity index (χ1v) is 5.08. The molecule has 1 N–H and O–H groups in total. The number of rotatable bonds is 2. The Bertz CT molecular complexity index is 279. The Balaban J connectivity index is 2.23. The van der Waals surface area contributed by atoms with E-state index in [-0.39, 0.29) is 0 Å². The Labute approximate surface area is 79.1 Å². The lowest BCUT2D eigenvalue weighted by molar-refractivity contribution is 0.526. The standard InChI is InChI=1S/C10H17N3/c1-3-13-10(5-7-12-13)9-4-6-11-8(9)2/h5,7-9,11H,3-4,6H2,1-2H3. The molecule has 1 fully saturated rings. The minimum Gasteiger partial charge on any atom is -0.314 e. The van der Waals surface area contributed by atoms with Gasteiger partial charge < -0.3 is 5.32 Å². The van der Waals surface area contributed by atoms with Gasteiger partial charge in [0.2, 0.25) is 0 Å². The quantitative estimate of drug-likeness (QED) is 0.743. The predicted octanol–water partition coefficient (Wildman–Crippen LogP) is 1.37. The van der Waals surface area contributed by atoms with E-state index in [4.69, 9.17) is 0 Å². The molecule has 0 bridgehead atoms. The molecular weight excluding hydrogens is 162 g/mol. The lowest BCUT2D eigenvalue weighted by Gasteiger charge is -2.16. The van der Waals surface area contributed by atoms with Crippen molar-refractivity contribution >= 4 is 0 Å². The van der Waals surface area contributed by atoms with Gasteiger partial charge in [-0.3, -0.25) is 4.68 Å². The molecule has 13 heavy (non-hydrogen) atoms. The van der Waals surface area contributed by atoms with Gasteiger partial charge in [0, 0.05) is 30.4 Å². The van der Waals surface area contributed by atoms with Crippen LogP contribution in [0.15, 0.2) is 12.3 Å². The van der Waals surface area contributed by atoms with Crippen LogP contribution in [-0.4, -0.2) is 22.4 Å². The smallest absolute Gasteiger partial charge is 0.0492 e. The van der Waals surface area contributed by atoms with Crippen molar-refractivity contribution in [3.63, 3.8) is 0 Å². The minimum atomic E-state index is 0.599. The highest BCUT2D eigenvalue weighted by molar-refractivity contribution is 5.12. The lowest BCUT2D eigenvalue weighted by atomic mass is 9.98. The van der Waals surface area contributed by atoms with Gasteiger partial charge in [-0.15, -0.1) is 0 Å². The molecule has 2 atom stereocenters. The zero-order valence-electron chi connectivity index (χ0n) is 8.33. The molecule has 1 aliphatic rings. The average molecular weight is 179 g/mol. The van der Waals surface area contributed by atoms with Gasteiger partial charge in [-0.2, -0.15) is 5.10 Å². The van der Waals surface area contributed by atoms with Crippen molar-refractivity contribution in [2.75, 3.05) is 6.54 Å². The van der Waals surface area contributed by atoms with Crippen molar-refractivity contribution in [3.8, 4) is 0 Å². The molecule has 0 aromatic carbocycles. The summed E-state index contributed by atoms with van der Waals surface area (Å²) in [7, 11) is 0. The largest absolute Gasteiger partial charge is 0.314 e. The van der Waals surface area contributed by atoms with Crippen LogP contribution in [0.4, 0.5) is 0 Å². The van der Waals surface area contributed by atoms with E-state index in [0.29, 0.717) is 12.0 Å². The van der Waals surface area contributed by atoms with E-state index in [2.05, 4.69) is 35.0 Å². The predicted molar refractivity (Wildman–Crippen MR) is 52.7 cm³/mol. The van der Waals surface area contributed by atoms with Gasteiger partial charge in [0.1, 0.15) is 0 Å². The van der Waals surface area contributed by atoms with Crippen molar-refractivity contribution in [3.05, 3.63) is 18.0 Å². The van der Waals surface area contributed by atoms with E-state index in [1.54, 1.807) is 0 Å². The monoisotopic (exact) mass is 179 g/mol. The third-order valence-corrected chi connectivity index (χ3v) is 2.95. The molecule has 0 radical (unpaired) electrons. The van der Waals surface area contributed by atoms with Gasteiger partial charge in [-0.05, 0) is 32.9 Å². The molecule has 0 spiro atoms. The second-order valence-electron chi connectivity index (χ2n) is 3.71. The summed E-state index contributed by atoms with van der Waals surface area (Å²) in [5.74, 6) is 0.655. The van der Waals surface area contributed by atoms with Crippen LogP contribution < -0.4 is 5.32 Å². The first-order valence-electron chi connectivity index (χ1n) is 5.08. The van der Waals surface area contributed by atoms with Gasteiger partial charge in [-0.1, -0.05) is 0 Å². The maximum atomic E-state index is 4.30. The van der Waals surface area contributed by atoms with Crippen LogP contribution in [0, 0.1) is 0 Å². The van der Waals surface area contributed by atoms with Crippen molar-refractivity contribution in [2.24, 2.45) is 0 Å². The van der Waals surface area contributed by atoms with Crippen molar-refractivity contribution in [1.82, 2.24) is 15.1 Å². The van der Waals surface area contributed by atoms with Crippen LogP contribution in [0.3, 0.4) is 0 Å². The molecule has 0 saturated carbocycles. The normalized spacial score (nSPS) is 28.2. The fourth-order valence-electron chi connectivity index (χ4n) is 2.18. The summed E-state index contributed by atoms with van der Waals surface area (Å²) in [4.78, 5) is 0. The molecule has 72 valence electrons. The van der Waals surface area contributed by atoms with Gasteiger partial charge in [0.05, 0.1) is 0 Å². The fraction of sp³-hybridized carbons (Fsp3) is 0.700. The zero-order chi connectivity index (χ0) is 9.26. The molecule has 1 aliphatic heterocycles. The SMILES string of the molecule is CCn1nccc1C1CCNC1C. The summed E-state index contributed by atoms with van der Waals surface area (Å²) in [6.07, 6.45) is 3.15. The number of aryl methyl sites for hydroxylation is 1. The number of hydrogen-bond acceptors (Lipinski definition) is 2. The zero-order valence-corrected chi connectivity index (χ0v) is 8.33. The highest BCUT2D eigenvalue weighted by atomic mass is 15.3. The van der Waals surface area contributed by atoms with Gasteiger partial charge in [0.25, 0.3) is 0 Å². The van der Waals surface area contributed by atoms with E-state index >= 15 is 0 Å². The van der Waals surface area contributed by atoms with E-state index in [1.165, 1.54) is 12.1 Å². The van der Waals surface area contributed by atoms with Gasteiger partial charge in [-0.25, -0.2) is 0 Å². The van der Waals surface area contributed by atoms with E-state index in [1.807, 2.05) is 6.20 Å². The summed E-state index contributed by atoms with van der Waals surface area (Å²) in [5, 5.41) is 7.77. The summed E-state index contributed by atoms with van der Waals surface area (Å²) in [6, 6.07) is 2.75. The average Bonchev–Trinajstić information content (AvgIpc) is 2.71. The number of nitrogens with one attached hydrogen (secondary N) is 1. The molecule has 2 unspecified atom stereocenters. The number of aromatic nitrogens is 2. The van der Waals surface area contributed by atoms with Crippen LogP contribution in [0.25, 0.3) is 0 Å². The summed E-state index contributed by atoms with van der Waals surface area (Å²) < 4.78 is 2.11. The summed E-state index contributed by atoms with van der Waals surface area (Å²) >= 11 is 0. The Kier molecular flexibility index (Phi) is 2.36. The third-order valence-electron chi connectivity index (χ3n) is 2.95. The first-order chi connectivity index (χ1) is 6.33. The minimum absolute atomic E-state index is 0.599. The van der Waals surface area contributed by atoms with Crippen LogP contribution in [0.2, 0.25) is 0 Å². The molecular formula is C10H17N3. The lowest BCUT2D eigenvalue weighted by Crippen LogP contribution is -2.23. The van der Waals surface area contributed by atoms with Crippen LogP contribution in [0.1, 0.15) is 31.9 Å². The van der Waals surface area contributed by atoms with Crippen molar-refractivity contribution < 1.29 is 0 Å². The summed E-state index contributed by atoms with van der Waals surface area (Å²) in [5.41, 5.74) is 1.39. The molecule has 2 heterocycles. The molecule has 0 amide bonds. The fourth-order valence-corrected chi connectivity index (χ4v) is 2.18. The Morgan fingerprint density at radius 2 is 2.54 bits per heavy atom. The number of nitrogens with zero attached hydrogens (tertiary/aromatic N) is 2. The molecule has 1 aromatic heterocycles. The van der Waals surface area contributed by atoms with Crippen LogP contribution >= 0.6 is 0 Å². The molecule has 1 aromatic rings. The molecule has 1 saturated heterocycles. The van der Waals surface area contributed by atoms with Gasteiger partial charge >= 0.3 is 0 Å². The molecule has 3 heteroatoms. The third kappa shape index (κ3) is 1.48. The Morgan fingerprint density at radius 3 is 3.15 bits per heavy atom. The molecule has 2 rings (SSSR count). The van der Waals surface area contributed by atoms with Crippen LogP contribution in [0.5, 0.6) is 0 Å². The maximum absolute atomic E-state index is 4.30. The second-order valence-corrected chi connectivity index (χ2v) is 3.71. The Morgan fingerprint density at radius 1 is 1.69 bits per heavy atom. The van der Waals surface area contributed by atoms with Crippen molar-refractivity contribution in [1.29, 1.82) is 0 Å². The second kappa shape index (κ2) is 3.50. The topological polar surface area (TPSA) is 29.9 Å². The van der Waals surface area contributed by atoms with E-state index in [9.17, 15) is 0 Å². The van der Waals surface area contributed by atoms with Crippen LogP contribution in [-0.2, 0) is 6.54 Å². The molecule has 0 aliphatic carbocycles. The Hall–Kier alpha value is -0.830. The molecule has 3 nitrogen and oxygen atoms in total. The van der Waals surface area contributed by atoms with E-state index < -0.39 is 0 Å². The highest BCUT2D eigenvalue weighted by Crippen LogP contribution is 2.26. The maximum Gasteiger partial charge on any atom is 0.0492 e. The first kappa shape index (κ1) is 8.75. The van der Waals surface area contributed by atoms with Crippen molar-refractivity contribution in [2.45, 2.75) is 38.8 Å². The summed E-state index contributed by atoms with van der Waals surface area (Å²) in [6.45, 7) is 6.51. The van der Waals surface area contributed by atoms with E-state index in [0.717, 1.165) is 13.1 Å². The highest BCUT2D eigenvalue weighted by Gasteiger charge is 2.26.